The molecule has 2 aromatic carbocycles. The zero-order valence-corrected chi connectivity index (χ0v) is 21.6. The van der Waals surface area contributed by atoms with Gasteiger partial charge in [0, 0.05) is 17.2 Å². The summed E-state index contributed by atoms with van der Waals surface area (Å²) >= 11 is 0. The number of benzene rings is 2. The number of rotatable bonds is 7. The Labute approximate surface area is 217 Å². The van der Waals surface area contributed by atoms with Crippen molar-refractivity contribution in [2.24, 2.45) is 0 Å². The van der Waals surface area contributed by atoms with E-state index in [1.54, 1.807) is 0 Å². The van der Waals surface area contributed by atoms with Crippen LogP contribution >= 0.6 is 0 Å². The molecular weight excluding hydrogens is 466 g/mol. The van der Waals surface area contributed by atoms with Gasteiger partial charge in [0.1, 0.15) is 30.1 Å². The Morgan fingerprint density at radius 2 is 1.70 bits per heavy atom. The number of ether oxygens (including phenoxy) is 2. The van der Waals surface area contributed by atoms with Crippen LogP contribution in [0, 0.1) is 0 Å². The monoisotopic (exact) mass is 499 g/mol. The molecule has 0 amide bonds. The van der Waals surface area contributed by atoms with E-state index in [1.807, 2.05) is 69.3 Å². The molecule has 192 valence electrons. The van der Waals surface area contributed by atoms with Gasteiger partial charge in [-0.3, -0.25) is 0 Å². The lowest BCUT2D eigenvalue weighted by atomic mass is 9.92. The van der Waals surface area contributed by atoms with Crippen molar-refractivity contribution in [2.75, 3.05) is 11.9 Å². The summed E-state index contributed by atoms with van der Waals surface area (Å²) in [5.74, 6) is 1.18. The maximum absolute atomic E-state index is 12.1. The van der Waals surface area contributed by atoms with E-state index in [4.69, 9.17) is 13.9 Å². The summed E-state index contributed by atoms with van der Waals surface area (Å²) in [5.41, 5.74) is 3.02. The summed E-state index contributed by atoms with van der Waals surface area (Å²) in [7, 11) is 0. The number of aromatic nitrogens is 2. The van der Waals surface area contributed by atoms with Crippen LogP contribution in [0.25, 0.3) is 33.6 Å². The molecule has 1 aliphatic carbocycles. The lowest BCUT2D eigenvalue weighted by molar-refractivity contribution is -0.162. The first kappa shape index (κ1) is 25.0. The molecule has 2 aromatic heterocycles. The molecule has 37 heavy (non-hydrogen) atoms. The number of anilines is 1. The van der Waals surface area contributed by atoms with Crippen LogP contribution in [0.3, 0.4) is 0 Å². The minimum atomic E-state index is -0.519. The lowest BCUT2D eigenvalue weighted by Gasteiger charge is -2.30. The minimum absolute atomic E-state index is 0.0195. The number of nitrogens with zero attached hydrogens (tertiary/aromatic N) is 2. The predicted molar refractivity (Wildman–Crippen MR) is 144 cm³/mol. The third kappa shape index (κ3) is 6.00. The second-order valence-corrected chi connectivity index (χ2v) is 10.5. The lowest BCUT2D eigenvalue weighted by Crippen LogP contribution is -2.34. The second-order valence-electron chi connectivity index (χ2n) is 10.5. The zero-order valence-electron chi connectivity index (χ0n) is 21.6. The summed E-state index contributed by atoms with van der Waals surface area (Å²) in [5, 5.41) is 4.51. The number of esters is 1. The number of fused-ring (bicyclic) bond motifs is 1. The van der Waals surface area contributed by atoms with Gasteiger partial charge in [-0.05, 0) is 52.0 Å². The van der Waals surface area contributed by atoms with E-state index < -0.39 is 5.60 Å². The van der Waals surface area contributed by atoms with Crippen molar-refractivity contribution in [1.29, 1.82) is 0 Å². The maximum Gasteiger partial charge on any atom is 0.332 e. The van der Waals surface area contributed by atoms with Crippen LogP contribution in [0.15, 0.2) is 71.4 Å². The Morgan fingerprint density at radius 3 is 2.41 bits per heavy atom. The summed E-state index contributed by atoms with van der Waals surface area (Å²) in [6, 6.07) is 20.4. The standard InChI is InChI=1S/C30H33N3O4/c1-30(2,3)37-24(34)18-35-23-16-10-15-22(17-23)33-28-26-25(20-11-6-4-7-12-20)27(21-13-8-5-9-14-21)36-29(26)32-19-31-28/h4-9,11-14,19,22-23H,10,15-18H2,1-3H3,(H,31,32,33)/t22-,23?/m0/s1. The van der Waals surface area contributed by atoms with E-state index in [0.717, 1.165) is 59.3 Å². The highest BCUT2D eigenvalue weighted by molar-refractivity contribution is 6.05. The molecule has 1 aliphatic rings. The quantitative estimate of drug-likeness (QED) is 0.285. The van der Waals surface area contributed by atoms with Crippen molar-refractivity contribution in [2.45, 2.75) is 64.2 Å². The van der Waals surface area contributed by atoms with E-state index in [9.17, 15) is 4.79 Å². The maximum atomic E-state index is 12.1. The molecule has 1 saturated carbocycles. The topological polar surface area (TPSA) is 86.5 Å². The van der Waals surface area contributed by atoms with Crippen LogP contribution in [0.1, 0.15) is 46.5 Å². The average Bonchev–Trinajstić information content (AvgIpc) is 3.29. The molecular formula is C30H33N3O4. The van der Waals surface area contributed by atoms with Gasteiger partial charge in [-0.25, -0.2) is 14.8 Å². The fourth-order valence-electron chi connectivity index (χ4n) is 4.89. The predicted octanol–water partition coefficient (Wildman–Crippen LogP) is 6.64. The van der Waals surface area contributed by atoms with Gasteiger partial charge in [-0.2, -0.15) is 0 Å². The van der Waals surface area contributed by atoms with Gasteiger partial charge >= 0.3 is 5.97 Å². The normalized spacial score (nSPS) is 18.0. The Balaban J connectivity index is 1.41. The van der Waals surface area contributed by atoms with E-state index in [1.165, 1.54) is 6.33 Å². The van der Waals surface area contributed by atoms with Crippen LogP contribution in [0.2, 0.25) is 0 Å². The fourth-order valence-corrected chi connectivity index (χ4v) is 4.89. The van der Waals surface area contributed by atoms with Crippen LogP contribution in [0.4, 0.5) is 5.82 Å². The van der Waals surface area contributed by atoms with Gasteiger partial charge < -0.3 is 19.2 Å². The smallest absolute Gasteiger partial charge is 0.332 e. The molecule has 4 aromatic rings. The van der Waals surface area contributed by atoms with Crippen LogP contribution in [-0.4, -0.2) is 40.3 Å². The number of hydrogen-bond donors (Lipinski definition) is 1. The van der Waals surface area contributed by atoms with Crippen LogP contribution < -0.4 is 5.32 Å². The van der Waals surface area contributed by atoms with E-state index in [0.29, 0.717) is 5.71 Å². The summed E-state index contributed by atoms with van der Waals surface area (Å²) in [6.07, 6.45) is 5.20. The Hall–Kier alpha value is -3.71. The molecule has 7 nitrogen and oxygen atoms in total. The summed E-state index contributed by atoms with van der Waals surface area (Å²) in [4.78, 5) is 21.2. The van der Waals surface area contributed by atoms with Crippen molar-refractivity contribution in [3.05, 3.63) is 67.0 Å². The molecule has 5 rings (SSSR count). The van der Waals surface area contributed by atoms with Gasteiger partial charge in [0.2, 0.25) is 5.71 Å². The molecule has 1 unspecified atom stereocenters. The Morgan fingerprint density at radius 1 is 1.00 bits per heavy atom. The number of furan rings is 1. The molecule has 2 heterocycles. The first-order valence-corrected chi connectivity index (χ1v) is 12.9. The van der Waals surface area contributed by atoms with Crippen LogP contribution in [-0.2, 0) is 14.3 Å². The first-order valence-electron chi connectivity index (χ1n) is 12.9. The van der Waals surface area contributed by atoms with E-state index in [-0.39, 0.29) is 24.7 Å². The average molecular weight is 500 g/mol. The molecule has 1 N–H and O–H groups in total. The number of hydrogen-bond acceptors (Lipinski definition) is 7. The van der Waals surface area contributed by atoms with Crippen molar-refractivity contribution < 1.29 is 18.7 Å². The largest absolute Gasteiger partial charge is 0.458 e. The summed E-state index contributed by atoms with van der Waals surface area (Å²) in [6.45, 7) is 5.54. The van der Waals surface area contributed by atoms with Crippen molar-refractivity contribution in [3.63, 3.8) is 0 Å². The van der Waals surface area contributed by atoms with Gasteiger partial charge in [0.15, 0.2) is 0 Å². The van der Waals surface area contributed by atoms with Gasteiger partial charge in [0.25, 0.3) is 0 Å². The Bertz CT molecular complexity index is 1350. The molecule has 7 heteroatoms. The third-order valence-electron chi connectivity index (χ3n) is 6.41. The molecule has 0 saturated heterocycles. The molecule has 0 bridgehead atoms. The SMILES string of the molecule is CC(C)(C)OC(=O)COC1CCC[C@H](Nc2ncnc3oc(-c4ccccc4)c(-c4ccccc4)c23)C1. The van der Waals surface area contributed by atoms with E-state index in [2.05, 4.69) is 27.4 Å². The van der Waals surface area contributed by atoms with E-state index >= 15 is 0 Å². The van der Waals surface area contributed by atoms with Crippen molar-refractivity contribution in [1.82, 2.24) is 9.97 Å². The number of carbonyl (C=O) groups is 1. The van der Waals surface area contributed by atoms with Crippen LogP contribution in [0.5, 0.6) is 0 Å². The minimum Gasteiger partial charge on any atom is -0.458 e. The molecule has 0 spiro atoms. The third-order valence-corrected chi connectivity index (χ3v) is 6.41. The Kier molecular flexibility index (Phi) is 7.24. The highest BCUT2D eigenvalue weighted by Crippen LogP contribution is 2.42. The highest BCUT2D eigenvalue weighted by atomic mass is 16.6. The fraction of sp³-hybridized carbons (Fsp3) is 0.367. The number of nitrogens with one attached hydrogen (secondary N) is 1. The van der Waals surface area contributed by atoms with Gasteiger partial charge in [-0.1, -0.05) is 60.7 Å². The molecule has 0 aliphatic heterocycles. The number of carbonyl (C=O) groups excluding carboxylic acids is 1. The molecule has 1 fully saturated rings. The zero-order chi connectivity index (χ0) is 25.8. The second kappa shape index (κ2) is 10.7. The van der Waals surface area contributed by atoms with Gasteiger partial charge in [-0.15, -0.1) is 0 Å². The van der Waals surface area contributed by atoms with Crippen molar-refractivity contribution in [3.8, 4) is 22.5 Å². The van der Waals surface area contributed by atoms with Crippen molar-refractivity contribution >= 4 is 22.9 Å². The first-order chi connectivity index (χ1) is 17.9. The van der Waals surface area contributed by atoms with Gasteiger partial charge in [0.05, 0.1) is 11.5 Å². The molecule has 0 radical (unpaired) electrons. The molecule has 2 atom stereocenters. The highest BCUT2D eigenvalue weighted by Gasteiger charge is 2.27. The summed E-state index contributed by atoms with van der Waals surface area (Å²) < 4.78 is 17.6.